The van der Waals surface area contributed by atoms with Crippen LogP contribution in [0.5, 0.6) is 0 Å². The monoisotopic (exact) mass is 523 g/mol. The molecular weight excluding hydrogens is 486 g/mol. The maximum Gasteiger partial charge on any atom is 0.0491 e. The van der Waals surface area contributed by atoms with Crippen molar-refractivity contribution in [2.75, 3.05) is 0 Å². The maximum atomic E-state index is 2.49. The van der Waals surface area contributed by atoms with E-state index >= 15 is 0 Å². The van der Waals surface area contributed by atoms with Crippen molar-refractivity contribution in [2.24, 2.45) is 0 Å². The molecule has 0 N–H and O–H groups in total. The molecule has 4 aromatic carbocycles. The van der Waals surface area contributed by atoms with E-state index in [9.17, 15) is 0 Å². The fourth-order valence-electron chi connectivity index (χ4n) is 7.53. The molecule has 0 aliphatic carbocycles. The second kappa shape index (κ2) is 9.45. The average molecular weight is 524 g/mol. The van der Waals surface area contributed by atoms with E-state index in [0.29, 0.717) is 0 Å². The Hall–Kier alpha value is -4.24. The summed E-state index contributed by atoms with van der Waals surface area (Å²) in [6.07, 6.45) is 0. The predicted octanol–water partition coefficient (Wildman–Crippen LogP) is 9.56. The Morgan fingerprint density at radius 3 is 1.40 bits per heavy atom. The van der Waals surface area contributed by atoms with Crippen LogP contribution in [-0.2, 0) is 19.6 Å². The fraction of sp³-hybridized carbons (Fsp3) is 0.243. The first kappa shape index (κ1) is 24.8. The molecule has 0 bridgehead atoms. The normalized spacial score (nSPS) is 12.2. The Labute approximate surface area is 236 Å². The lowest BCUT2D eigenvalue weighted by atomic mass is 9.81. The lowest BCUT2D eigenvalue weighted by Crippen LogP contribution is -2.08. The van der Waals surface area contributed by atoms with Gasteiger partial charge in [0.2, 0.25) is 0 Å². The number of para-hydroxylation sites is 3. The van der Waals surface area contributed by atoms with Gasteiger partial charge in [-0.1, -0.05) is 60.7 Å². The van der Waals surface area contributed by atoms with E-state index in [1.54, 1.807) is 0 Å². The van der Waals surface area contributed by atoms with Crippen LogP contribution in [0, 0.1) is 13.8 Å². The standard InChI is InChI=1S/C37H37N3/c1-6-38-24(4)35(28-16-10-13-19-32(28)38)37(36-25(5)39(7-2)33-20-14-11-17-29(33)36)26-21-22-34-30(23-26)27-15-9-12-18-31(27)40(34)8-3/h9-23,37H,6-8H2,1-5H3. The van der Waals surface area contributed by atoms with Gasteiger partial charge in [-0.2, -0.15) is 0 Å². The highest BCUT2D eigenvalue weighted by atomic mass is 15.0. The van der Waals surface area contributed by atoms with E-state index < -0.39 is 0 Å². The van der Waals surface area contributed by atoms with Gasteiger partial charge in [0.05, 0.1) is 0 Å². The second-order valence-electron chi connectivity index (χ2n) is 11.0. The van der Waals surface area contributed by atoms with Crippen LogP contribution in [0.1, 0.15) is 54.8 Å². The third-order valence-corrected chi connectivity index (χ3v) is 9.22. The van der Waals surface area contributed by atoms with Crippen molar-refractivity contribution in [2.45, 2.75) is 60.2 Å². The highest BCUT2D eigenvalue weighted by Crippen LogP contribution is 2.45. The number of fused-ring (bicyclic) bond motifs is 5. The highest BCUT2D eigenvalue weighted by Gasteiger charge is 2.30. The summed E-state index contributed by atoms with van der Waals surface area (Å²) >= 11 is 0. The van der Waals surface area contributed by atoms with Crippen molar-refractivity contribution in [1.82, 2.24) is 13.7 Å². The zero-order valence-electron chi connectivity index (χ0n) is 24.2. The lowest BCUT2D eigenvalue weighted by Gasteiger charge is -2.21. The molecule has 0 aliphatic rings. The molecule has 0 amide bonds. The van der Waals surface area contributed by atoms with Crippen molar-refractivity contribution in [3.8, 4) is 0 Å². The number of aromatic nitrogens is 3. The Balaban J connectivity index is 1.62. The summed E-state index contributed by atoms with van der Waals surface area (Å²) in [6.45, 7) is 14.3. The predicted molar refractivity (Wildman–Crippen MR) is 171 cm³/mol. The van der Waals surface area contributed by atoms with Gasteiger partial charge in [0, 0.05) is 80.6 Å². The third kappa shape index (κ3) is 3.37. The molecule has 3 heteroatoms. The summed E-state index contributed by atoms with van der Waals surface area (Å²) in [6, 6.07) is 34.1. The van der Waals surface area contributed by atoms with Crippen LogP contribution >= 0.6 is 0 Å². The van der Waals surface area contributed by atoms with E-state index in [2.05, 4.69) is 139 Å². The number of aryl methyl sites for hydroxylation is 3. The number of hydrogen-bond donors (Lipinski definition) is 0. The first-order valence-electron chi connectivity index (χ1n) is 14.7. The Bertz CT molecular complexity index is 1960. The average Bonchev–Trinajstić information content (AvgIpc) is 3.57. The molecule has 0 unspecified atom stereocenters. The summed E-state index contributed by atoms with van der Waals surface area (Å²) in [5.41, 5.74) is 12.2. The first-order valence-corrected chi connectivity index (χ1v) is 14.7. The minimum atomic E-state index is 0.114. The largest absolute Gasteiger partial charge is 0.345 e. The molecule has 3 nitrogen and oxygen atoms in total. The zero-order valence-corrected chi connectivity index (χ0v) is 24.2. The zero-order chi connectivity index (χ0) is 27.5. The third-order valence-electron chi connectivity index (χ3n) is 9.22. The van der Waals surface area contributed by atoms with Crippen molar-refractivity contribution < 1.29 is 0 Å². The summed E-state index contributed by atoms with van der Waals surface area (Å²) in [4.78, 5) is 0. The molecule has 3 aromatic heterocycles. The van der Waals surface area contributed by atoms with Crippen LogP contribution < -0.4 is 0 Å². The van der Waals surface area contributed by atoms with Gasteiger partial charge in [-0.3, -0.25) is 0 Å². The van der Waals surface area contributed by atoms with Crippen LogP contribution in [-0.4, -0.2) is 13.7 Å². The van der Waals surface area contributed by atoms with Crippen molar-refractivity contribution >= 4 is 43.6 Å². The Morgan fingerprint density at radius 2 is 0.900 bits per heavy atom. The van der Waals surface area contributed by atoms with Gasteiger partial charge >= 0.3 is 0 Å². The summed E-state index contributed by atoms with van der Waals surface area (Å²) in [5, 5.41) is 5.39. The van der Waals surface area contributed by atoms with Gasteiger partial charge in [0.15, 0.2) is 0 Å². The molecule has 0 radical (unpaired) electrons. The molecule has 3 heterocycles. The molecule has 7 rings (SSSR count). The van der Waals surface area contributed by atoms with Crippen molar-refractivity contribution in [3.63, 3.8) is 0 Å². The van der Waals surface area contributed by atoms with Crippen LogP contribution in [0.15, 0.2) is 91.0 Å². The lowest BCUT2D eigenvalue weighted by molar-refractivity contribution is 0.748. The molecule has 7 aromatic rings. The van der Waals surface area contributed by atoms with Crippen molar-refractivity contribution in [3.05, 3.63) is 119 Å². The van der Waals surface area contributed by atoms with E-state index in [1.165, 1.54) is 71.7 Å². The molecule has 0 atom stereocenters. The smallest absolute Gasteiger partial charge is 0.0491 e. The molecule has 0 saturated heterocycles. The minimum absolute atomic E-state index is 0.114. The number of rotatable bonds is 6. The molecule has 0 saturated carbocycles. The quantitative estimate of drug-likeness (QED) is 0.206. The van der Waals surface area contributed by atoms with Crippen molar-refractivity contribution in [1.29, 1.82) is 0 Å². The Morgan fingerprint density at radius 1 is 0.475 bits per heavy atom. The number of nitrogens with zero attached hydrogens (tertiary/aromatic N) is 3. The van der Waals surface area contributed by atoms with Crippen LogP contribution in [0.3, 0.4) is 0 Å². The first-order chi connectivity index (χ1) is 19.6. The molecule has 0 fully saturated rings. The van der Waals surface area contributed by atoms with E-state index in [-0.39, 0.29) is 5.92 Å². The molecule has 0 spiro atoms. The molecule has 200 valence electrons. The maximum absolute atomic E-state index is 2.49. The van der Waals surface area contributed by atoms with Gasteiger partial charge in [0.25, 0.3) is 0 Å². The number of hydrogen-bond acceptors (Lipinski definition) is 0. The van der Waals surface area contributed by atoms with E-state index in [4.69, 9.17) is 0 Å². The van der Waals surface area contributed by atoms with Gasteiger partial charge in [-0.05, 0) is 81.6 Å². The van der Waals surface area contributed by atoms with Crippen LogP contribution in [0.4, 0.5) is 0 Å². The van der Waals surface area contributed by atoms with E-state index in [1.807, 2.05) is 0 Å². The molecule has 40 heavy (non-hydrogen) atoms. The van der Waals surface area contributed by atoms with Gasteiger partial charge in [-0.25, -0.2) is 0 Å². The fourth-order valence-corrected chi connectivity index (χ4v) is 7.53. The number of benzene rings is 4. The van der Waals surface area contributed by atoms with Crippen LogP contribution in [0.2, 0.25) is 0 Å². The molecular formula is C37H37N3. The van der Waals surface area contributed by atoms with E-state index in [0.717, 1.165) is 19.6 Å². The Kier molecular flexibility index (Phi) is 5.85. The van der Waals surface area contributed by atoms with Gasteiger partial charge in [0.1, 0.15) is 0 Å². The minimum Gasteiger partial charge on any atom is -0.345 e. The summed E-state index contributed by atoms with van der Waals surface area (Å²) in [7, 11) is 0. The second-order valence-corrected chi connectivity index (χ2v) is 11.0. The van der Waals surface area contributed by atoms with Gasteiger partial charge < -0.3 is 13.7 Å². The topological polar surface area (TPSA) is 14.8 Å². The van der Waals surface area contributed by atoms with Gasteiger partial charge in [-0.15, -0.1) is 0 Å². The van der Waals surface area contributed by atoms with Crippen LogP contribution in [0.25, 0.3) is 43.6 Å². The summed E-state index contributed by atoms with van der Waals surface area (Å²) < 4.78 is 7.44. The SMILES string of the molecule is CCn1c(C)c(C(c2ccc3c(c2)c2ccccc2n3CC)c2c(C)n(CC)c3ccccc23)c2ccccc21. The molecule has 0 aliphatic heterocycles. The highest BCUT2D eigenvalue weighted by molar-refractivity contribution is 6.08. The summed E-state index contributed by atoms with van der Waals surface area (Å²) in [5.74, 6) is 0.114.